The van der Waals surface area contributed by atoms with Gasteiger partial charge in [0.1, 0.15) is 5.02 Å². The summed E-state index contributed by atoms with van der Waals surface area (Å²) in [4.78, 5) is 10.5. The quantitative estimate of drug-likeness (QED) is 0.814. The number of aliphatic hydroxyl groups is 1. The van der Waals surface area contributed by atoms with E-state index in [4.69, 9.17) is 16.7 Å². The van der Waals surface area contributed by atoms with E-state index in [2.05, 4.69) is 34.0 Å². The van der Waals surface area contributed by atoms with E-state index in [0.717, 1.165) is 0 Å². The molecule has 1 aromatic heterocycles. The van der Waals surface area contributed by atoms with Crippen molar-refractivity contribution in [2.45, 2.75) is 26.3 Å². The molecule has 0 unspecified atom stereocenters. The first-order valence-corrected chi connectivity index (χ1v) is 6.05. The Morgan fingerprint density at radius 1 is 1.53 bits per heavy atom. The smallest absolute Gasteiger partial charge is 0.224 e. The molecule has 0 aliphatic heterocycles. The van der Waals surface area contributed by atoms with Crippen molar-refractivity contribution in [3.05, 3.63) is 11.2 Å². The number of rotatable bonds is 6. The molecule has 0 radical (unpaired) electrons. The standard InChI is InChI=1S/C11H19ClN4O/c1-8(2)16(5-4-6-17)10-9(12)7-14-11(13-3)15-10/h7-8,17H,4-6H2,1-3H3,(H,13,14,15). The SMILES string of the molecule is CNc1ncc(Cl)c(N(CCCO)C(C)C)n1. The summed E-state index contributed by atoms with van der Waals surface area (Å²) in [6.45, 7) is 5.00. The number of aromatic nitrogens is 2. The Morgan fingerprint density at radius 2 is 2.24 bits per heavy atom. The predicted molar refractivity (Wildman–Crippen MR) is 70.8 cm³/mol. The second-order valence-electron chi connectivity index (χ2n) is 3.98. The van der Waals surface area contributed by atoms with Crippen LogP contribution in [0.25, 0.3) is 0 Å². The molecule has 1 aromatic rings. The van der Waals surface area contributed by atoms with Crippen LogP contribution in [0.3, 0.4) is 0 Å². The van der Waals surface area contributed by atoms with E-state index in [1.807, 2.05) is 0 Å². The van der Waals surface area contributed by atoms with Crippen molar-refractivity contribution >= 4 is 23.4 Å². The second kappa shape index (κ2) is 6.61. The molecule has 1 rings (SSSR count). The van der Waals surface area contributed by atoms with E-state index < -0.39 is 0 Å². The van der Waals surface area contributed by atoms with Crippen molar-refractivity contribution in [3.8, 4) is 0 Å². The molecule has 17 heavy (non-hydrogen) atoms. The van der Waals surface area contributed by atoms with E-state index in [-0.39, 0.29) is 12.6 Å². The van der Waals surface area contributed by atoms with Crippen molar-refractivity contribution in [2.24, 2.45) is 0 Å². The highest BCUT2D eigenvalue weighted by Crippen LogP contribution is 2.25. The van der Waals surface area contributed by atoms with Crippen LogP contribution in [-0.2, 0) is 0 Å². The lowest BCUT2D eigenvalue weighted by Crippen LogP contribution is -2.33. The fourth-order valence-corrected chi connectivity index (χ4v) is 1.73. The normalized spacial score (nSPS) is 10.7. The molecule has 0 fully saturated rings. The zero-order valence-corrected chi connectivity index (χ0v) is 11.2. The highest BCUT2D eigenvalue weighted by Gasteiger charge is 2.16. The highest BCUT2D eigenvalue weighted by atomic mass is 35.5. The summed E-state index contributed by atoms with van der Waals surface area (Å²) >= 11 is 6.11. The molecule has 0 aromatic carbocycles. The van der Waals surface area contributed by atoms with Crippen LogP contribution < -0.4 is 10.2 Å². The molecule has 0 aliphatic carbocycles. The molecule has 0 saturated carbocycles. The van der Waals surface area contributed by atoms with Crippen molar-refractivity contribution < 1.29 is 5.11 Å². The Kier molecular flexibility index (Phi) is 5.44. The molecule has 0 spiro atoms. The average molecular weight is 259 g/mol. The number of anilines is 2. The molecule has 0 amide bonds. The number of hydrogen-bond donors (Lipinski definition) is 2. The summed E-state index contributed by atoms with van der Waals surface area (Å²) in [7, 11) is 1.76. The third kappa shape index (κ3) is 3.71. The molecule has 1 heterocycles. The van der Waals surface area contributed by atoms with Gasteiger partial charge in [-0.25, -0.2) is 4.98 Å². The number of nitrogens with zero attached hydrogens (tertiary/aromatic N) is 3. The monoisotopic (exact) mass is 258 g/mol. The van der Waals surface area contributed by atoms with Gasteiger partial charge in [-0.2, -0.15) is 4.98 Å². The van der Waals surface area contributed by atoms with Crippen LogP contribution in [0, 0.1) is 0 Å². The minimum atomic E-state index is 0.158. The summed E-state index contributed by atoms with van der Waals surface area (Å²) < 4.78 is 0. The maximum atomic E-state index is 8.91. The third-order valence-corrected chi connectivity index (χ3v) is 2.67. The van der Waals surface area contributed by atoms with Crippen LogP contribution >= 0.6 is 11.6 Å². The molecule has 0 saturated heterocycles. The molecule has 6 heteroatoms. The van der Waals surface area contributed by atoms with Gasteiger partial charge >= 0.3 is 0 Å². The minimum absolute atomic E-state index is 0.158. The van der Waals surface area contributed by atoms with Crippen molar-refractivity contribution in [2.75, 3.05) is 30.4 Å². The molecule has 0 aliphatic rings. The fourth-order valence-electron chi connectivity index (χ4n) is 1.53. The van der Waals surface area contributed by atoms with Gasteiger partial charge in [0.05, 0.1) is 6.20 Å². The molecule has 96 valence electrons. The summed E-state index contributed by atoms with van der Waals surface area (Å²) in [6, 6.07) is 0.263. The first kappa shape index (κ1) is 14.0. The number of aliphatic hydroxyl groups excluding tert-OH is 1. The van der Waals surface area contributed by atoms with Gasteiger partial charge in [0, 0.05) is 26.2 Å². The van der Waals surface area contributed by atoms with Gasteiger partial charge in [-0.05, 0) is 20.3 Å². The number of nitrogens with one attached hydrogen (secondary N) is 1. The van der Waals surface area contributed by atoms with Crippen LogP contribution in [-0.4, -0.2) is 41.3 Å². The summed E-state index contributed by atoms with van der Waals surface area (Å²) in [5.74, 6) is 1.24. The summed E-state index contributed by atoms with van der Waals surface area (Å²) in [6.07, 6.45) is 2.28. The van der Waals surface area contributed by atoms with Crippen LogP contribution in [0.4, 0.5) is 11.8 Å². The van der Waals surface area contributed by atoms with Crippen LogP contribution in [0.1, 0.15) is 20.3 Å². The van der Waals surface area contributed by atoms with Gasteiger partial charge in [0.2, 0.25) is 5.95 Å². The van der Waals surface area contributed by atoms with Gasteiger partial charge < -0.3 is 15.3 Å². The van der Waals surface area contributed by atoms with Crippen LogP contribution in [0.15, 0.2) is 6.20 Å². The molecule has 0 bridgehead atoms. The Labute approximate surface area is 107 Å². The summed E-state index contributed by atoms with van der Waals surface area (Å²) in [5.41, 5.74) is 0. The lowest BCUT2D eigenvalue weighted by molar-refractivity contribution is 0.288. The number of hydrogen-bond acceptors (Lipinski definition) is 5. The fraction of sp³-hybridized carbons (Fsp3) is 0.636. The molecule has 5 nitrogen and oxygen atoms in total. The van der Waals surface area contributed by atoms with E-state index >= 15 is 0 Å². The van der Waals surface area contributed by atoms with Gasteiger partial charge in [-0.1, -0.05) is 11.6 Å². The van der Waals surface area contributed by atoms with Gasteiger partial charge in [0.15, 0.2) is 5.82 Å². The van der Waals surface area contributed by atoms with Crippen molar-refractivity contribution in [1.29, 1.82) is 0 Å². The molecular weight excluding hydrogens is 240 g/mol. The zero-order valence-electron chi connectivity index (χ0n) is 10.4. The van der Waals surface area contributed by atoms with Gasteiger partial charge in [-0.15, -0.1) is 0 Å². The lowest BCUT2D eigenvalue weighted by atomic mass is 10.3. The van der Waals surface area contributed by atoms with E-state index in [1.54, 1.807) is 13.2 Å². The number of halogens is 1. The van der Waals surface area contributed by atoms with Gasteiger partial charge in [-0.3, -0.25) is 0 Å². The third-order valence-electron chi connectivity index (χ3n) is 2.40. The Morgan fingerprint density at radius 3 is 2.76 bits per heavy atom. The molecule has 0 atom stereocenters. The topological polar surface area (TPSA) is 61.3 Å². The van der Waals surface area contributed by atoms with Crippen LogP contribution in [0.2, 0.25) is 5.02 Å². The largest absolute Gasteiger partial charge is 0.396 e. The van der Waals surface area contributed by atoms with E-state index in [0.29, 0.717) is 29.8 Å². The first-order chi connectivity index (χ1) is 8.10. The van der Waals surface area contributed by atoms with E-state index in [1.165, 1.54) is 0 Å². The molecule has 2 N–H and O–H groups in total. The van der Waals surface area contributed by atoms with Gasteiger partial charge in [0.25, 0.3) is 0 Å². The Hall–Kier alpha value is -1.07. The lowest BCUT2D eigenvalue weighted by Gasteiger charge is -2.28. The predicted octanol–water partition coefficient (Wildman–Crippen LogP) is 1.77. The highest BCUT2D eigenvalue weighted by molar-refractivity contribution is 6.32. The summed E-state index contributed by atoms with van der Waals surface area (Å²) in [5, 5.41) is 12.3. The second-order valence-corrected chi connectivity index (χ2v) is 4.39. The molecular formula is C11H19ClN4O. The first-order valence-electron chi connectivity index (χ1n) is 5.68. The van der Waals surface area contributed by atoms with Crippen molar-refractivity contribution in [3.63, 3.8) is 0 Å². The maximum absolute atomic E-state index is 8.91. The Balaban J connectivity index is 2.99. The van der Waals surface area contributed by atoms with E-state index in [9.17, 15) is 0 Å². The van der Waals surface area contributed by atoms with Crippen LogP contribution in [0.5, 0.6) is 0 Å². The maximum Gasteiger partial charge on any atom is 0.224 e. The van der Waals surface area contributed by atoms with Crippen molar-refractivity contribution in [1.82, 2.24) is 9.97 Å². The minimum Gasteiger partial charge on any atom is -0.396 e. The average Bonchev–Trinajstić information content (AvgIpc) is 2.31. The zero-order chi connectivity index (χ0) is 12.8. The Bertz CT molecular complexity index is 359.